The third kappa shape index (κ3) is 4.20. The topological polar surface area (TPSA) is 71.3 Å². The molecule has 1 fully saturated rings. The van der Waals surface area contributed by atoms with Gasteiger partial charge in [-0.25, -0.2) is 0 Å². The molecule has 1 aromatic rings. The fourth-order valence-corrected chi connectivity index (χ4v) is 3.09. The van der Waals surface area contributed by atoms with Crippen molar-refractivity contribution in [2.24, 2.45) is 5.41 Å². The summed E-state index contributed by atoms with van der Waals surface area (Å²) >= 11 is 1.64. The Balaban J connectivity index is 1.88. The van der Waals surface area contributed by atoms with Crippen LogP contribution in [0, 0.1) is 5.41 Å². The molecule has 0 spiro atoms. The van der Waals surface area contributed by atoms with Gasteiger partial charge >= 0.3 is 0 Å². The van der Waals surface area contributed by atoms with Crippen molar-refractivity contribution in [3.63, 3.8) is 0 Å². The molecule has 1 atom stereocenters. The molecule has 0 unspecified atom stereocenters. The SMILES string of the molecule is CCN1CCC[C@](C)(C(=O)NCc2nc(CSC)no2)C1. The first-order chi connectivity index (χ1) is 10.1. The van der Waals surface area contributed by atoms with Gasteiger partial charge in [-0.05, 0) is 39.1 Å². The maximum Gasteiger partial charge on any atom is 0.246 e. The van der Waals surface area contributed by atoms with Crippen LogP contribution in [0.25, 0.3) is 0 Å². The fraction of sp³-hybridized carbons (Fsp3) is 0.786. The standard InChI is InChI=1S/C14H24N4O2S/c1-4-18-7-5-6-14(2,10-18)13(19)15-8-12-16-11(9-21-3)17-20-12/h4-10H2,1-3H3,(H,15,19)/t14-/m0/s1. The zero-order valence-corrected chi connectivity index (χ0v) is 13.8. The van der Waals surface area contributed by atoms with Crippen molar-refractivity contribution in [1.82, 2.24) is 20.4 Å². The van der Waals surface area contributed by atoms with E-state index in [9.17, 15) is 4.79 Å². The highest BCUT2D eigenvalue weighted by atomic mass is 32.2. The summed E-state index contributed by atoms with van der Waals surface area (Å²) in [4.78, 5) is 19.0. The molecule has 1 aliphatic rings. The van der Waals surface area contributed by atoms with E-state index in [0.717, 1.165) is 38.2 Å². The molecule has 0 bridgehead atoms. The molecule has 6 nitrogen and oxygen atoms in total. The highest BCUT2D eigenvalue weighted by Gasteiger charge is 2.37. The molecule has 2 rings (SSSR count). The van der Waals surface area contributed by atoms with Gasteiger partial charge in [0.2, 0.25) is 11.8 Å². The van der Waals surface area contributed by atoms with E-state index < -0.39 is 0 Å². The van der Waals surface area contributed by atoms with Crippen molar-refractivity contribution in [3.05, 3.63) is 11.7 Å². The van der Waals surface area contributed by atoms with Crippen LogP contribution >= 0.6 is 11.8 Å². The quantitative estimate of drug-likeness (QED) is 0.861. The second-order valence-electron chi connectivity index (χ2n) is 5.75. The molecular formula is C14H24N4O2S. The van der Waals surface area contributed by atoms with Gasteiger partial charge in [0, 0.05) is 6.54 Å². The van der Waals surface area contributed by atoms with Crippen LogP contribution in [0.15, 0.2) is 4.52 Å². The molecular weight excluding hydrogens is 288 g/mol. The molecule has 1 amide bonds. The fourth-order valence-electron chi connectivity index (χ4n) is 2.72. The first-order valence-corrected chi connectivity index (χ1v) is 8.78. The Hall–Kier alpha value is -1.08. The van der Waals surface area contributed by atoms with Gasteiger partial charge in [0.1, 0.15) is 0 Å². The molecule has 118 valence electrons. The smallest absolute Gasteiger partial charge is 0.246 e. The number of carbonyl (C=O) groups is 1. The lowest BCUT2D eigenvalue weighted by atomic mass is 9.81. The number of piperidine rings is 1. The molecule has 0 saturated carbocycles. The third-order valence-electron chi connectivity index (χ3n) is 3.95. The predicted octanol–water partition coefficient (Wildman–Crippen LogP) is 1.67. The van der Waals surface area contributed by atoms with Crippen LogP contribution in [0.1, 0.15) is 38.4 Å². The lowest BCUT2D eigenvalue weighted by molar-refractivity contribution is -0.133. The number of amides is 1. The van der Waals surface area contributed by atoms with Gasteiger partial charge in [-0.1, -0.05) is 12.1 Å². The van der Waals surface area contributed by atoms with Crippen molar-refractivity contribution in [1.29, 1.82) is 0 Å². The van der Waals surface area contributed by atoms with Crippen LogP contribution in [-0.4, -0.2) is 46.8 Å². The van der Waals surface area contributed by atoms with E-state index in [2.05, 4.69) is 27.3 Å². The molecule has 1 aromatic heterocycles. The summed E-state index contributed by atoms with van der Waals surface area (Å²) in [5.74, 6) is 1.94. The van der Waals surface area contributed by atoms with E-state index in [1.54, 1.807) is 11.8 Å². The lowest BCUT2D eigenvalue weighted by Gasteiger charge is -2.38. The molecule has 0 radical (unpaired) electrons. The number of nitrogens with one attached hydrogen (secondary N) is 1. The Morgan fingerprint density at radius 1 is 1.57 bits per heavy atom. The Morgan fingerprint density at radius 2 is 2.38 bits per heavy atom. The van der Waals surface area contributed by atoms with E-state index in [-0.39, 0.29) is 11.3 Å². The zero-order valence-electron chi connectivity index (χ0n) is 13.0. The number of carbonyl (C=O) groups excluding carboxylic acids is 1. The Kier molecular flexibility index (Phi) is 5.64. The van der Waals surface area contributed by atoms with Gasteiger partial charge in [0.25, 0.3) is 0 Å². The number of hydrogen-bond acceptors (Lipinski definition) is 6. The maximum atomic E-state index is 12.5. The summed E-state index contributed by atoms with van der Waals surface area (Å²) in [7, 11) is 0. The van der Waals surface area contributed by atoms with Gasteiger partial charge in [-0.15, -0.1) is 0 Å². The van der Waals surface area contributed by atoms with E-state index in [4.69, 9.17) is 4.52 Å². The number of aromatic nitrogens is 2. The van der Waals surface area contributed by atoms with E-state index in [0.29, 0.717) is 18.3 Å². The Labute approximate surface area is 130 Å². The Bertz CT molecular complexity index is 479. The van der Waals surface area contributed by atoms with Gasteiger partial charge in [-0.2, -0.15) is 16.7 Å². The van der Waals surface area contributed by atoms with Crippen LogP contribution in [-0.2, 0) is 17.1 Å². The van der Waals surface area contributed by atoms with Crippen LogP contribution in [0.3, 0.4) is 0 Å². The lowest BCUT2D eigenvalue weighted by Crippen LogP contribution is -2.50. The minimum Gasteiger partial charge on any atom is -0.347 e. The van der Waals surface area contributed by atoms with Gasteiger partial charge in [0.15, 0.2) is 5.82 Å². The second kappa shape index (κ2) is 7.26. The highest BCUT2D eigenvalue weighted by Crippen LogP contribution is 2.29. The summed E-state index contributed by atoms with van der Waals surface area (Å²) in [6.45, 7) is 7.37. The summed E-state index contributed by atoms with van der Waals surface area (Å²) in [6, 6.07) is 0. The number of hydrogen-bond donors (Lipinski definition) is 1. The van der Waals surface area contributed by atoms with E-state index in [1.807, 2.05) is 13.2 Å². The molecule has 21 heavy (non-hydrogen) atoms. The summed E-state index contributed by atoms with van der Waals surface area (Å²) < 4.78 is 5.13. The maximum absolute atomic E-state index is 12.5. The van der Waals surface area contributed by atoms with Crippen LogP contribution in [0.2, 0.25) is 0 Å². The zero-order chi connectivity index (χ0) is 15.3. The Morgan fingerprint density at radius 3 is 3.10 bits per heavy atom. The van der Waals surface area contributed by atoms with Crippen molar-refractivity contribution in [2.75, 3.05) is 25.9 Å². The number of likely N-dealkylation sites (tertiary alicyclic amines) is 1. The van der Waals surface area contributed by atoms with E-state index >= 15 is 0 Å². The number of thioether (sulfide) groups is 1. The minimum atomic E-state index is -0.323. The highest BCUT2D eigenvalue weighted by molar-refractivity contribution is 7.97. The van der Waals surface area contributed by atoms with Crippen LogP contribution < -0.4 is 5.32 Å². The average molecular weight is 312 g/mol. The molecule has 1 N–H and O–H groups in total. The van der Waals surface area contributed by atoms with Crippen molar-refractivity contribution < 1.29 is 9.32 Å². The second-order valence-corrected chi connectivity index (χ2v) is 6.62. The molecule has 0 aromatic carbocycles. The minimum absolute atomic E-state index is 0.0743. The normalized spacial score (nSPS) is 23.2. The number of nitrogens with zero attached hydrogens (tertiary/aromatic N) is 3. The van der Waals surface area contributed by atoms with Gasteiger partial charge in [0.05, 0.1) is 17.7 Å². The molecule has 0 aliphatic carbocycles. The third-order valence-corrected chi connectivity index (χ3v) is 4.50. The van der Waals surface area contributed by atoms with Crippen LogP contribution in [0.5, 0.6) is 0 Å². The molecule has 7 heteroatoms. The molecule has 2 heterocycles. The summed E-state index contributed by atoms with van der Waals surface area (Å²) in [5.41, 5.74) is -0.323. The largest absolute Gasteiger partial charge is 0.347 e. The predicted molar refractivity (Wildman–Crippen MR) is 82.8 cm³/mol. The molecule has 1 saturated heterocycles. The van der Waals surface area contributed by atoms with E-state index in [1.165, 1.54) is 0 Å². The number of rotatable bonds is 6. The summed E-state index contributed by atoms with van der Waals surface area (Å²) in [5, 5.41) is 6.81. The van der Waals surface area contributed by atoms with Gasteiger partial charge in [-0.3, -0.25) is 4.79 Å². The first-order valence-electron chi connectivity index (χ1n) is 7.38. The van der Waals surface area contributed by atoms with Crippen molar-refractivity contribution in [3.8, 4) is 0 Å². The monoisotopic (exact) mass is 312 g/mol. The molecule has 1 aliphatic heterocycles. The average Bonchev–Trinajstić information content (AvgIpc) is 2.92. The van der Waals surface area contributed by atoms with Gasteiger partial charge < -0.3 is 14.7 Å². The first kappa shape index (κ1) is 16.3. The van der Waals surface area contributed by atoms with Crippen LogP contribution in [0.4, 0.5) is 0 Å². The van der Waals surface area contributed by atoms with Crippen molar-refractivity contribution >= 4 is 17.7 Å². The summed E-state index contributed by atoms with van der Waals surface area (Å²) in [6.07, 6.45) is 3.98. The van der Waals surface area contributed by atoms with Crippen molar-refractivity contribution in [2.45, 2.75) is 39.0 Å².